The van der Waals surface area contributed by atoms with Gasteiger partial charge in [-0.1, -0.05) is 11.6 Å². The number of nitrogens with zero attached hydrogens (tertiary/aromatic N) is 1. The zero-order chi connectivity index (χ0) is 16.3. The van der Waals surface area contributed by atoms with Crippen LogP contribution >= 0.6 is 23.4 Å². The van der Waals surface area contributed by atoms with Crippen molar-refractivity contribution < 1.29 is 19.1 Å². The molecule has 1 aromatic rings. The molecule has 5 nitrogen and oxygen atoms in total. The van der Waals surface area contributed by atoms with E-state index in [-0.39, 0.29) is 11.1 Å². The summed E-state index contributed by atoms with van der Waals surface area (Å²) in [6.07, 6.45) is 1.63. The summed E-state index contributed by atoms with van der Waals surface area (Å²) in [5, 5.41) is 0.130. The van der Waals surface area contributed by atoms with Crippen LogP contribution in [0.3, 0.4) is 0 Å². The first-order valence-electron chi connectivity index (χ1n) is 6.77. The average molecular weight is 342 g/mol. The number of amides is 2. The second-order valence-corrected chi connectivity index (χ2v) is 5.79. The quantitative estimate of drug-likeness (QED) is 0.762. The van der Waals surface area contributed by atoms with Crippen LogP contribution < -0.4 is 9.47 Å². The Labute approximate surface area is 138 Å². The van der Waals surface area contributed by atoms with Crippen LogP contribution in [0.4, 0.5) is 4.79 Å². The molecular formula is C15H16ClNO4S. The first-order chi connectivity index (χ1) is 10.5. The highest BCUT2D eigenvalue weighted by molar-refractivity contribution is 8.18. The molecule has 0 bridgehead atoms. The number of thioether (sulfide) groups is 1. The van der Waals surface area contributed by atoms with Crippen molar-refractivity contribution in [2.45, 2.75) is 13.8 Å². The van der Waals surface area contributed by atoms with E-state index in [2.05, 4.69) is 0 Å². The van der Waals surface area contributed by atoms with Crippen LogP contribution in [0.1, 0.15) is 19.4 Å². The minimum absolute atomic E-state index is 0.261. The first-order valence-corrected chi connectivity index (χ1v) is 7.96. The maximum absolute atomic E-state index is 12.1. The lowest BCUT2D eigenvalue weighted by molar-refractivity contribution is -0.122. The van der Waals surface area contributed by atoms with Gasteiger partial charge in [0.05, 0.1) is 23.6 Å². The molecular weight excluding hydrogens is 326 g/mol. The number of carbonyl (C=O) groups excluding carboxylic acids is 2. The lowest BCUT2D eigenvalue weighted by Gasteiger charge is -2.12. The van der Waals surface area contributed by atoms with Gasteiger partial charge in [-0.25, -0.2) is 0 Å². The molecule has 0 saturated carbocycles. The maximum Gasteiger partial charge on any atom is 0.293 e. The number of imide groups is 1. The Bertz CT molecular complexity index is 645. The molecule has 0 aromatic heterocycles. The van der Waals surface area contributed by atoms with Crippen LogP contribution in [-0.4, -0.2) is 36.3 Å². The molecule has 7 heteroatoms. The lowest BCUT2D eigenvalue weighted by Crippen LogP contribution is -2.27. The van der Waals surface area contributed by atoms with E-state index < -0.39 is 0 Å². The Kier molecular flexibility index (Phi) is 5.37. The number of likely N-dealkylation sites (N-methyl/N-ethyl adjacent to an activating group) is 1. The summed E-state index contributed by atoms with van der Waals surface area (Å²) in [5.41, 5.74) is 0.673. The number of carbonyl (C=O) groups is 2. The van der Waals surface area contributed by atoms with E-state index in [1.165, 1.54) is 12.0 Å². The van der Waals surface area contributed by atoms with Crippen molar-refractivity contribution in [3.05, 3.63) is 27.6 Å². The number of hydrogen-bond donors (Lipinski definition) is 0. The summed E-state index contributed by atoms with van der Waals surface area (Å²) >= 11 is 7.11. The molecule has 1 aliphatic heterocycles. The van der Waals surface area contributed by atoms with E-state index in [9.17, 15) is 9.59 Å². The number of halogens is 1. The van der Waals surface area contributed by atoms with Crippen molar-refractivity contribution in [3.8, 4) is 11.5 Å². The van der Waals surface area contributed by atoms with E-state index in [4.69, 9.17) is 21.1 Å². The summed E-state index contributed by atoms with van der Waals surface area (Å²) < 4.78 is 10.7. The van der Waals surface area contributed by atoms with E-state index >= 15 is 0 Å². The zero-order valence-corrected chi connectivity index (χ0v) is 14.1. The molecule has 22 heavy (non-hydrogen) atoms. The summed E-state index contributed by atoms with van der Waals surface area (Å²) in [6, 6.07) is 3.39. The summed E-state index contributed by atoms with van der Waals surface area (Å²) in [5.74, 6) is 0.655. The fourth-order valence-corrected chi connectivity index (χ4v) is 3.21. The van der Waals surface area contributed by atoms with Gasteiger partial charge in [-0.15, -0.1) is 0 Å². The molecule has 1 aliphatic rings. The minimum atomic E-state index is -0.290. The number of methoxy groups -OCH3 is 1. The lowest BCUT2D eigenvalue weighted by atomic mass is 10.1. The molecule has 0 spiro atoms. The highest BCUT2D eigenvalue weighted by atomic mass is 35.5. The third kappa shape index (κ3) is 3.23. The maximum atomic E-state index is 12.1. The number of rotatable bonds is 5. The third-order valence-corrected chi connectivity index (χ3v) is 4.22. The van der Waals surface area contributed by atoms with Gasteiger partial charge in [-0.3, -0.25) is 14.5 Å². The molecule has 1 aromatic carbocycles. The molecule has 0 N–H and O–H groups in total. The SMILES string of the molecule is CCOc1c(Cl)cc(/C=C2/SC(=O)N(CC)C2=O)cc1OC. The van der Waals surface area contributed by atoms with Crippen molar-refractivity contribution in [1.82, 2.24) is 4.90 Å². The van der Waals surface area contributed by atoms with E-state index in [0.717, 1.165) is 11.8 Å². The van der Waals surface area contributed by atoms with Crippen LogP contribution in [0.5, 0.6) is 11.5 Å². The Morgan fingerprint density at radius 3 is 2.59 bits per heavy atom. The van der Waals surface area contributed by atoms with Gasteiger partial charge in [-0.2, -0.15) is 0 Å². The van der Waals surface area contributed by atoms with Crippen LogP contribution in [-0.2, 0) is 4.79 Å². The van der Waals surface area contributed by atoms with Crippen molar-refractivity contribution in [3.63, 3.8) is 0 Å². The van der Waals surface area contributed by atoms with Crippen LogP contribution in [0.25, 0.3) is 6.08 Å². The monoisotopic (exact) mass is 341 g/mol. The second kappa shape index (κ2) is 7.07. The number of ether oxygens (including phenoxy) is 2. The number of hydrogen-bond acceptors (Lipinski definition) is 5. The van der Waals surface area contributed by atoms with E-state index in [1.807, 2.05) is 6.92 Å². The topological polar surface area (TPSA) is 55.8 Å². The zero-order valence-electron chi connectivity index (χ0n) is 12.5. The second-order valence-electron chi connectivity index (χ2n) is 4.39. The molecule has 2 rings (SSSR count). The Morgan fingerprint density at radius 1 is 1.32 bits per heavy atom. The standard InChI is InChI=1S/C15H16ClNO4S/c1-4-17-14(18)12(22-15(17)19)8-9-6-10(16)13(21-5-2)11(7-9)20-3/h6-8H,4-5H2,1-3H3/b12-8+. The molecule has 1 fully saturated rings. The van der Waals surface area contributed by atoms with Crippen molar-refractivity contribution in [2.75, 3.05) is 20.3 Å². The van der Waals surface area contributed by atoms with Gasteiger partial charge in [0.15, 0.2) is 11.5 Å². The fourth-order valence-electron chi connectivity index (χ4n) is 2.03. The normalized spacial score (nSPS) is 16.5. The molecule has 0 aliphatic carbocycles. The fraction of sp³-hybridized carbons (Fsp3) is 0.333. The molecule has 2 amide bonds. The smallest absolute Gasteiger partial charge is 0.293 e. The predicted octanol–water partition coefficient (Wildman–Crippen LogP) is 3.80. The Hall–Kier alpha value is -1.66. The molecule has 1 heterocycles. The molecule has 0 unspecified atom stereocenters. The molecule has 0 atom stereocenters. The van der Waals surface area contributed by atoms with Crippen LogP contribution in [0.15, 0.2) is 17.0 Å². The van der Waals surface area contributed by atoms with Gasteiger partial charge in [0.2, 0.25) is 0 Å². The highest BCUT2D eigenvalue weighted by Gasteiger charge is 2.33. The van der Waals surface area contributed by atoms with Gasteiger partial charge >= 0.3 is 0 Å². The predicted molar refractivity (Wildman–Crippen MR) is 87.5 cm³/mol. The Morgan fingerprint density at radius 2 is 2.05 bits per heavy atom. The number of benzene rings is 1. The van der Waals surface area contributed by atoms with Gasteiger partial charge in [0.25, 0.3) is 11.1 Å². The van der Waals surface area contributed by atoms with Crippen LogP contribution in [0.2, 0.25) is 5.02 Å². The first kappa shape index (κ1) is 16.7. The molecule has 0 radical (unpaired) electrons. The van der Waals surface area contributed by atoms with E-state index in [1.54, 1.807) is 25.1 Å². The largest absolute Gasteiger partial charge is 0.493 e. The van der Waals surface area contributed by atoms with Gasteiger partial charge in [-0.05, 0) is 49.4 Å². The van der Waals surface area contributed by atoms with Crippen molar-refractivity contribution in [2.24, 2.45) is 0 Å². The van der Waals surface area contributed by atoms with Gasteiger partial charge in [0, 0.05) is 6.54 Å². The van der Waals surface area contributed by atoms with Crippen molar-refractivity contribution >= 4 is 40.6 Å². The minimum Gasteiger partial charge on any atom is -0.493 e. The van der Waals surface area contributed by atoms with Gasteiger partial charge < -0.3 is 9.47 Å². The summed E-state index contributed by atoms with van der Waals surface area (Å²) in [4.78, 5) is 25.4. The summed E-state index contributed by atoms with van der Waals surface area (Å²) in [7, 11) is 1.52. The average Bonchev–Trinajstić information content (AvgIpc) is 2.75. The third-order valence-electron chi connectivity index (χ3n) is 3.03. The van der Waals surface area contributed by atoms with Crippen LogP contribution in [0, 0.1) is 0 Å². The Balaban J connectivity index is 2.38. The van der Waals surface area contributed by atoms with Crippen molar-refractivity contribution in [1.29, 1.82) is 0 Å². The summed E-state index contributed by atoms with van der Waals surface area (Å²) in [6.45, 7) is 4.43. The highest BCUT2D eigenvalue weighted by Crippen LogP contribution is 2.38. The van der Waals surface area contributed by atoms with E-state index in [0.29, 0.717) is 40.1 Å². The molecule has 1 saturated heterocycles. The van der Waals surface area contributed by atoms with Gasteiger partial charge in [0.1, 0.15) is 0 Å². The molecule has 118 valence electrons.